The summed E-state index contributed by atoms with van der Waals surface area (Å²) >= 11 is 0. The molecule has 1 amide bonds. The lowest BCUT2D eigenvalue weighted by Gasteiger charge is -2.23. The first-order valence-electron chi connectivity index (χ1n) is 9.74. The van der Waals surface area contributed by atoms with E-state index < -0.39 is 22.5 Å². The Bertz CT molecular complexity index is 1100. The van der Waals surface area contributed by atoms with Crippen LogP contribution in [0.2, 0.25) is 0 Å². The van der Waals surface area contributed by atoms with Crippen LogP contribution in [-0.4, -0.2) is 20.9 Å². The molecule has 0 aliphatic heterocycles. The number of hydrogen-bond donors (Lipinski definition) is 0. The second-order valence-electron chi connectivity index (χ2n) is 7.10. The highest BCUT2D eigenvalue weighted by atomic mass is 32.2. The van der Waals surface area contributed by atoms with Crippen LogP contribution in [0, 0.1) is 13.8 Å². The van der Waals surface area contributed by atoms with Crippen molar-refractivity contribution in [2.24, 2.45) is 0 Å². The van der Waals surface area contributed by atoms with Crippen molar-refractivity contribution in [3.63, 3.8) is 0 Å². The lowest BCUT2D eigenvalue weighted by atomic mass is 10.2. The zero-order valence-corrected chi connectivity index (χ0v) is 18.1. The molecule has 3 aromatic rings. The van der Waals surface area contributed by atoms with Crippen LogP contribution in [0.3, 0.4) is 0 Å². The van der Waals surface area contributed by atoms with Gasteiger partial charge in [0, 0.05) is 0 Å². The smallest absolute Gasteiger partial charge is 0.278 e. The van der Waals surface area contributed by atoms with Gasteiger partial charge in [-0.25, -0.2) is 8.42 Å². The van der Waals surface area contributed by atoms with Crippen LogP contribution < -0.4 is 9.04 Å². The number of sulfonamides is 1. The Kier molecular flexibility index (Phi) is 6.57. The maximum atomic E-state index is 13.3. The molecule has 0 heterocycles. The number of aryl methyl sites for hydroxylation is 3. The summed E-state index contributed by atoms with van der Waals surface area (Å²) in [5, 5.41) is 0. The van der Waals surface area contributed by atoms with Crippen LogP contribution in [0.4, 0.5) is 5.69 Å². The highest BCUT2D eigenvalue weighted by molar-refractivity contribution is 7.93. The fourth-order valence-electron chi connectivity index (χ4n) is 2.94. The zero-order chi connectivity index (χ0) is 21.7. The van der Waals surface area contributed by atoms with E-state index in [2.05, 4.69) is 6.92 Å². The summed E-state index contributed by atoms with van der Waals surface area (Å²) in [6, 6.07) is 20.6. The van der Waals surface area contributed by atoms with E-state index in [0.717, 1.165) is 27.4 Å². The third-order valence-corrected chi connectivity index (χ3v) is 6.51. The van der Waals surface area contributed by atoms with Crippen LogP contribution in [0.5, 0.6) is 5.75 Å². The van der Waals surface area contributed by atoms with Gasteiger partial charge in [0.2, 0.25) is 0 Å². The van der Waals surface area contributed by atoms with Crippen LogP contribution in [0.15, 0.2) is 77.7 Å². The number of carbonyl (C=O) groups excluding carboxylic acids is 1. The molecule has 0 aliphatic carbocycles. The Morgan fingerprint density at radius 1 is 0.833 bits per heavy atom. The Labute approximate surface area is 178 Å². The summed E-state index contributed by atoms with van der Waals surface area (Å²) in [5.74, 6) is -0.156. The molecule has 0 saturated heterocycles. The number of amides is 1. The fourth-order valence-corrected chi connectivity index (χ4v) is 4.35. The first kappa shape index (κ1) is 21.6. The number of ether oxygens (including phenoxy) is 1. The molecule has 0 N–H and O–H groups in total. The molecule has 0 fully saturated rings. The van der Waals surface area contributed by atoms with Crippen molar-refractivity contribution < 1.29 is 17.9 Å². The summed E-state index contributed by atoms with van der Waals surface area (Å²) < 4.78 is 33.0. The summed E-state index contributed by atoms with van der Waals surface area (Å²) in [7, 11) is -4.09. The van der Waals surface area contributed by atoms with Gasteiger partial charge < -0.3 is 4.74 Å². The van der Waals surface area contributed by atoms with Gasteiger partial charge in [-0.05, 0) is 62.2 Å². The number of nitrogens with zero attached hydrogens (tertiary/aromatic N) is 1. The van der Waals surface area contributed by atoms with Crippen molar-refractivity contribution in [3.05, 3.63) is 89.5 Å². The average Bonchev–Trinajstić information content (AvgIpc) is 2.74. The third kappa shape index (κ3) is 4.89. The van der Waals surface area contributed by atoms with Crippen molar-refractivity contribution in [1.82, 2.24) is 0 Å². The summed E-state index contributed by atoms with van der Waals surface area (Å²) in [6.07, 6.45) is 0.898. The molecule has 3 rings (SSSR count). The topological polar surface area (TPSA) is 63.7 Å². The molecule has 0 atom stereocenters. The van der Waals surface area contributed by atoms with Crippen molar-refractivity contribution in [3.8, 4) is 5.75 Å². The van der Waals surface area contributed by atoms with E-state index in [0.29, 0.717) is 5.75 Å². The van der Waals surface area contributed by atoms with Gasteiger partial charge in [-0.15, -0.1) is 0 Å². The molecule has 0 aliphatic rings. The fraction of sp³-hybridized carbons (Fsp3) is 0.208. The minimum Gasteiger partial charge on any atom is -0.484 e. The van der Waals surface area contributed by atoms with E-state index in [1.165, 1.54) is 12.1 Å². The van der Waals surface area contributed by atoms with E-state index in [4.69, 9.17) is 4.74 Å². The Morgan fingerprint density at radius 3 is 1.90 bits per heavy atom. The minimum absolute atomic E-state index is 0.0503. The van der Waals surface area contributed by atoms with Crippen LogP contribution in [-0.2, 0) is 21.2 Å². The minimum atomic E-state index is -4.09. The zero-order valence-electron chi connectivity index (χ0n) is 17.3. The largest absolute Gasteiger partial charge is 0.484 e. The summed E-state index contributed by atoms with van der Waals surface area (Å²) in [5.41, 5.74) is 3.32. The van der Waals surface area contributed by atoms with Gasteiger partial charge in [-0.3, -0.25) is 4.79 Å². The van der Waals surface area contributed by atoms with Crippen molar-refractivity contribution in [1.29, 1.82) is 0 Å². The van der Waals surface area contributed by atoms with E-state index >= 15 is 0 Å². The van der Waals surface area contributed by atoms with Gasteiger partial charge in [0.15, 0.2) is 6.61 Å². The number of anilines is 1. The Hall–Kier alpha value is -3.12. The van der Waals surface area contributed by atoms with Crippen molar-refractivity contribution in [2.45, 2.75) is 32.1 Å². The van der Waals surface area contributed by atoms with E-state index in [9.17, 15) is 13.2 Å². The summed E-state index contributed by atoms with van der Waals surface area (Å²) in [6.45, 7) is 5.42. The van der Waals surface area contributed by atoms with Gasteiger partial charge in [0.1, 0.15) is 5.75 Å². The number of hydrogen-bond acceptors (Lipinski definition) is 4. The molecule has 5 nitrogen and oxygen atoms in total. The molecular weight excluding hydrogens is 398 g/mol. The molecule has 30 heavy (non-hydrogen) atoms. The Balaban J connectivity index is 1.91. The molecule has 156 valence electrons. The SMILES string of the molecule is CCc1ccc(OCC(=O)N(c2ccc(C)cc2)S(=O)(=O)c2ccc(C)cc2)cc1. The van der Waals surface area contributed by atoms with Gasteiger partial charge in [0.05, 0.1) is 10.6 Å². The lowest BCUT2D eigenvalue weighted by Crippen LogP contribution is -2.40. The molecule has 0 spiro atoms. The molecule has 3 aromatic carbocycles. The van der Waals surface area contributed by atoms with Gasteiger partial charge >= 0.3 is 0 Å². The van der Waals surface area contributed by atoms with E-state index in [1.807, 2.05) is 26.0 Å². The van der Waals surface area contributed by atoms with Gasteiger partial charge in [-0.1, -0.05) is 54.4 Å². The second-order valence-corrected chi connectivity index (χ2v) is 8.88. The monoisotopic (exact) mass is 423 g/mol. The van der Waals surface area contributed by atoms with Gasteiger partial charge in [-0.2, -0.15) is 4.31 Å². The van der Waals surface area contributed by atoms with Crippen LogP contribution in [0.1, 0.15) is 23.6 Å². The number of carbonyl (C=O) groups is 1. The normalized spacial score (nSPS) is 11.2. The van der Waals surface area contributed by atoms with Crippen LogP contribution in [0.25, 0.3) is 0 Å². The van der Waals surface area contributed by atoms with E-state index in [-0.39, 0.29) is 10.6 Å². The first-order valence-corrected chi connectivity index (χ1v) is 11.2. The number of benzene rings is 3. The maximum Gasteiger partial charge on any atom is 0.278 e. The van der Waals surface area contributed by atoms with Crippen LogP contribution >= 0.6 is 0 Å². The van der Waals surface area contributed by atoms with Gasteiger partial charge in [0.25, 0.3) is 15.9 Å². The molecule has 0 bridgehead atoms. The predicted molar refractivity (Wildman–Crippen MR) is 118 cm³/mol. The molecule has 0 aromatic heterocycles. The average molecular weight is 424 g/mol. The first-order chi connectivity index (χ1) is 14.3. The predicted octanol–water partition coefficient (Wildman–Crippen LogP) is 4.67. The number of rotatable bonds is 7. The second kappa shape index (κ2) is 9.13. The highest BCUT2D eigenvalue weighted by Crippen LogP contribution is 2.25. The summed E-state index contributed by atoms with van der Waals surface area (Å²) in [4.78, 5) is 13.1. The maximum absolute atomic E-state index is 13.3. The Morgan fingerprint density at radius 2 is 1.37 bits per heavy atom. The van der Waals surface area contributed by atoms with Crippen molar-refractivity contribution in [2.75, 3.05) is 10.9 Å². The molecule has 6 heteroatoms. The third-order valence-electron chi connectivity index (χ3n) is 4.75. The molecular formula is C24H25NO4S. The molecule has 0 saturated carbocycles. The molecule has 0 radical (unpaired) electrons. The quantitative estimate of drug-likeness (QED) is 0.554. The standard InChI is InChI=1S/C24H25NO4S/c1-4-20-9-13-22(14-10-20)29-17-24(26)25(21-11-5-18(2)6-12-21)30(27,28)23-15-7-19(3)8-16-23/h5-16H,4,17H2,1-3H3. The lowest BCUT2D eigenvalue weighted by molar-refractivity contribution is -0.119. The molecule has 0 unspecified atom stereocenters. The van der Waals surface area contributed by atoms with Crippen molar-refractivity contribution >= 4 is 21.6 Å². The van der Waals surface area contributed by atoms with E-state index in [1.54, 1.807) is 48.5 Å². The highest BCUT2D eigenvalue weighted by Gasteiger charge is 2.31.